The standard InChI is InChI=1S/C35H34N8O4/c44-31-8-7-30(33(45)40-31)43-34(46)24-5-4-22(12-25(24)35(43)47)37-13-18-9-23(10-18)42-17-26(32(41-42)19-1-2-19)29-16-38-28-11-20(21-14-36-15-21)3-6-27(28)39-29/h3-6,11-12,16-19,21,23,30,36-37H,1-2,7-10,13-15H2,(H,40,44,45). The Morgan fingerprint density at radius 1 is 0.872 bits per heavy atom. The van der Waals surface area contributed by atoms with E-state index in [1.165, 1.54) is 5.56 Å². The summed E-state index contributed by atoms with van der Waals surface area (Å²) in [6.07, 6.45) is 8.55. The Morgan fingerprint density at radius 2 is 1.70 bits per heavy atom. The van der Waals surface area contributed by atoms with E-state index in [0.29, 0.717) is 23.8 Å². The lowest BCUT2D eigenvalue weighted by Gasteiger charge is -2.35. The van der Waals surface area contributed by atoms with Gasteiger partial charge in [-0.3, -0.25) is 39.1 Å². The first kappa shape index (κ1) is 28.3. The molecule has 2 saturated heterocycles. The highest BCUT2D eigenvalue weighted by atomic mass is 16.2. The highest BCUT2D eigenvalue weighted by Gasteiger charge is 2.44. The number of carbonyl (C=O) groups is 4. The van der Waals surface area contributed by atoms with Crippen LogP contribution in [0.1, 0.15) is 88.4 Å². The molecule has 3 N–H and O–H groups in total. The Labute approximate surface area is 270 Å². The summed E-state index contributed by atoms with van der Waals surface area (Å²) in [6.45, 7) is 2.76. The molecule has 2 aromatic heterocycles. The highest BCUT2D eigenvalue weighted by Crippen LogP contribution is 2.45. The van der Waals surface area contributed by atoms with Crippen molar-refractivity contribution in [1.29, 1.82) is 0 Å². The largest absolute Gasteiger partial charge is 0.385 e. The zero-order valence-corrected chi connectivity index (χ0v) is 25.7. The quantitative estimate of drug-likeness (QED) is 0.249. The fourth-order valence-electron chi connectivity index (χ4n) is 7.31. The van der Waals surface area contributed by atoms with Gasteiger partial charge in [-0.2, -0.15) is 5.10 Å². The van der Waals surface area contributed by atoms with E-state index in [9.17, 15) is 19.2 Å². The maximum absolute atomic E-state index is 13.2. The van der Waals surface area contributed by atoms with Crippen molar-refractivity contribution < 1.29 is 19.2 Å². The van der Waals surface area contributed by atoms with Crippen molar-refractivity contribution in [2.24, 2.45) is 5.92 Å². The number of nitrogens with zero attached hydrogens (tertiary/aromatic N) is 5. The van der Waals surface area contributed by atoms with E-state index in [1.54, 1.807) is 18.2 Å². The third-order valence-corrected chi connectivity index (χ3v) is 10.4. The molecule has 238 valence electrons. The van der Waals surface area contributed by atoms with E-state index >= 15 is 0 Å². The SMILES string of the molecule is O=C1CCC(N2C(=O)c3ccc(NCC4CC(n5cc(-c6cnc7cc(C8CNC8)ccc7n6)c(C6CC6)n5)C4)cc3C2=O)C(=O)N1. The van der Waals surface area contributed by atoms with Gasteiger partial charge in [0.2, 0.25) is 11.8 Å². The molecule has 47 heavy (non-hydrogen) atoms. The first-order valence-corrected chi connectivity index (χ1v) is 16.6. The van der Waals surface area contributed by atoms with Gasteiger partial charge in [-0.25, -0.2) is 4.98 Å². The van der Waals surface area contributed by atoms with Crippen molar-refractivity contribution in [3.05, 3.63) is 71.2 Å². The van der Waals surface area contributed by atoms with Gasteiger partial charge in [0, 0.05) is 55.3 Å². The van der Waals surface area contributed by atoms with Crippen LogP contribution in [0.4, 0.5) is 5.69 Å². The van der Waals surface area contributed by atoms with E-state index in [1.807, 2.05) is 6.20 Å². The van der Waals surface area contributed by atoms with Crippen molar-refractivity contribution in [3.63, 3.8) is 0 Å². The van der Waals surface area contributed by atoms with Gasteiger partial charge in [-0.05, 0) is 73.9 Å². The minimum absolute atomic E-state index is 0.0949. The molecule has 5 heterocycles. The van der Waals surface area contributed by atoms with Crippen molar-refractivity contribution in [2.45, 2.75) is 62.4 Å². The second kappa shape index (κ2) is 10.8. The van der Waals surface area contributed by atoms with E-state index in [4.69, 9.17) is 15.1 Å². The van der Waals surface area contributed by atoms with Gasteiger partial charge in [-0.15, -0.1) is 0 Å². The number of aromatic nitrogens is 4. The predicted octanol–water partition coefficient (Wildman–Crippen LogP) is 3.52. The predicted molar refractivity (Wildman–Crippen MR) is 172 cm³/mol. The molecular formula is C35H34N8O4. The Kier molecular flexibility index (Phi) is 6.49. The van der Waals surface area contributed by atoms with Crippen LogP contribution in [0, 0.1) is 5.92 Å². The highest BCUT2D eigenvalue weighted by molar-refractivity contribution is 6.23. The number of amides is 4. The number of fused-ring (bicyclic) bond motifs is 2. The molecule has 1 atom stereocenters. The normalized spacial score (nSPS) is 24.3. The second-order valence-electron chi connectivity index (χ2n) is 13.6. The third-order valence-electron chi connectivity index (χ3n) is 10.4. The van der Waals surface area contributed by atoms with Crippen LogP contribution in [0.15, 0.2) is 48.8 Å². The smallest absolute Gasteiger partial charge is 0.262 e. The van der Waals surface area contributed by atoms with Crippen molar-refractivity contribution in [2.75, 3.05) is 25.0 Å². The topological polar surface area (TPSA) is 151 Å². The molecule has 0 radical (unpaired) electrons. The Hall–Kier alpha value is -4.97. The Balaban J connectivity index is 0.855. The lowest BCUT2D eigenvalue weighted by molar-refractivity contribution is -0.136. The van der Waals surface area contributed by atoms with E-state index < -0.39 is 29.7 Å². The molecular weight excluding hydrogens is 596 g/mol. The zero-order chi connectivity index (χ0) is 31.8. The summed E-state index contributed by atoms with van der Waals surface area (Å²) in [6, 6.07) is 10.9. The number of rotatable bonds is 8. The molecule has 3 aliphatic heterocycles. The minimum Gasteiger partial charge on any atom is -0.385 e. The van der Waals surface area contributed by atoms with Crippen molar-refractivity contribution in [1.82, 2.24) is 35.3 Å². The minimum atomic E-state index is -0.970. The molecule has 12 heteroatoms. The van der Waals surface area contributed by atoms with Crippen LogP contribution in [-0.4, -0.2) is 74.0 Å². The van der Waals surface area contributed by atoms with Gasteiger partial charge in [0.25, 0.3) is 11.8 Å². The Bertz CT molecular complexity index is 1990. The average Bonchev–Trinajstić information content (AvgIpc) is 3.73. The molecule has 2 saturated carbocycles. The first-order chi connectivity index (χ1) is 22.9. The van der Waals surface area contributed by atoms with Crippen molar-refractivity contribution in [3.8, 4) is 11.3 Å². The van der Waals surface area contributed by atoms with Gasteiger partial charge in [-0.1, -0.05) is 6.07 Å². The summed E-state index contributed by atoms with van der Waals surface area (Å²) < 4.78 is 2.13. The fourth-order valence-corrected chi connectivity index (χ4v) is 7.31. The molecule has 2 aliphatic carbocycles. The summed E-state index contributed by atoms with van der Waals surface area (Å²) >= 11 is 0. The number of hydrogen-bond donors (Lipinski definition) is 3. The second-order valence-corrected chi connectivity index (χ2v) is 13.6. The van der Waals surface area contributed by atoms with E-state index in [2.05, 4.69) is 45.0 Å². The molecule has 12 nitrogen and oxygen atoms in total. The van der Waals surface area contributed by atoms with Crippen LogP contribution < -0.4 is 16.0 Å². The molecule has 9 rings (SSSR count). The van der Waals surface area contributed by atoms with Crippen LogP contribution in [-0.2, 0) is 9.59 Å². The fraction of sp³-hybridized carbons (Fsp3) is 0.400. The molecule has 0 bridgehead atoms. The van der Waals surface area contributed by atoms with Gasteiger partial charge in [0.1, 0.15) is 6.04 Å². The number of carbonyl (C=O) groups excluding carboxylic acids is 4. The maximum Gasteiger partial charge on any atom is 0.262 e. The average molecular weight is 631 g/mol. The van der Waals surface area contributed by atoms with Crippen LogP contribution in [0.25, 0.3) is 22.3 Å². The number of nitrogens with one attached hydrogen (secondary N) is 3. The summed E-state index contributed by atoms with van der Waals surface area (Å²) in [5.74, 6) is -0.523. The Morgan fingerprint density at radius 3 is 2.47 bits per heavy atom. The monoisotopic (exact) mass is 630 g/mol. The lowest BCUT2D eigenvalue weighted by Crippen LogP contribution is -2.54. The molecule has 0 spiro atoms. The van der Waals surface area contributed by atoms with Crippen LogP contribution in [0.5, 0.6) is 0 Å². The van der Waals surface area contributed by atoms with Crippen LogP contribution >= 0.6 is 0 Å². The summed E-state index contributed by atoms with van der Waals surface area (Å²) in [7, 11) is 0. The number of piperidine rings is 1. The molecule has 2 aromatic carbocycles. The first-order valence-electron chi connectivity index (χ1n) is 16.6. The summed E-state index contributed by atoms with van der Waals surface area (Å²) in [5.41, 5.74) is 7.55. The van der Waals surface area contributed by atoms with Crippen LogP contribution in [0.2, 0.25) is 0 Å². The van der Waals surface area contributed by atoms with Crippen LogP contribution in [0.3, 0.4) is 0 Å². The van der Waals surface area contributed by atoms with Crippen molar-refractivity contribution >= 4 is 40.3 Å². The summed E-state index contributed by atoms with van der Waals surface area (Å²) in [4.78, 5) is 60.9. The molecule has 4 fully saturated rings. The van der Waals surface area contributed by atoms with E-state index in [0.717, 1.165) is 83.9 Å². The van der Waals surface area contributed by atoms with Gasteiger partial charge < -0.3 is 10.6 Å². The van der Waals surface area contributed by atoms with Gasteiger partial charge in [0.05, 0.1) is 45.8 Å². The lowest BCUT2D eigenvalue weighted by atomic mass is 9.80. The maximum atomic E-state index is 13.2. The number of imide groups is 2. The number of benzene rings is 2. The van der Waals surface area contributed by atoms with Gasteiger partial charge >= 0.3 is 0 Å². The number of anilines is 1. The van der Waals surface area contributed by atoms with Gasteiger partial charge in [0.15, 0.2) is 0 Å². The molecule has 5 aliphatic rings. The number of hydrogen-bond acceptors (Lipinski definition) is 9. The van der Waals surface area contributed by atoms with E-state index in [-0.39, 0.29) is 24.0 Å². The molecule has 4 aromatic rings. The zero-order valence-electron chi connectivity index (χ0n) is 25.7. The summed E-state index contributed by atoms with van der Waals surface area (Å²) in [5, 5.41) is 14.1. The molecule has 1 unspecified atom stereocenters. The molecule has 4 amide bonds. The third kappa shape index (κ3) is 4.89.